The summed E-state index contributed by atoms with van der Waals surface area (Å²) < 4.78 is 0. The van der Waals surface area contributed by atoms with Gasteiger partial charge in [-0.3, -0.25) is 4.90 Å². The van der Waals surface area contributed by atoms with Gasteiger partial charge in [0.25, 0.3) is 0 Å². The molecule has 0 aliphatic carbocycles. The van der Waals surface area contributed by atoms with Crippen molar-refractivity contribution >= 4 is 23.3 Å². The first-order valence-corrected chi connectivity index (χ1v) is 8.02. The molecule has 0 unspecified atom stereocenters. The monoisotopic (exact) mass is 324 g/mol. The van der Waals surface area contributed by atoms with Crippen molar-refractivity contribution in [3.8, 4) is 0 Å². The van der Waals surface area contributed by atoms with Crippen molar-refractivity contribution in [3.05, 3.63) is 29.3 Å². The number of anilines is 1. The van der Waals surface area contributed by atoms with Crippen molar-refractivity contribution in [2.75, 3.05) is 11.4 Å². The molecule has 5 heteroatoms. The van der Waals surface area contributed by atoms with Gasteiger partial charge >= 0.3 is 6.03 Å². The van der Waals surface area contributed by atoms with Gasteiger partial charge in [0.15, 0.2) is 0 Å². The molecule has 0 spiro atoms. The van der Waals surface area contributed by atoms with Crippen LogP contribution in [0, 0.1) is 5.92 Å². The summed E-state index contributed by atoms with van der Waals surface area (Å²) in [6.45, 7) is 10.5. The number of benzene rings is 1. The van der Waals surface area contributed by atoms with Gasteiger partial charge in [-0.25, -0.2) is 4.79 Å². The molecule has 22 heavy (non-hydrogen) atoms. The van der Waals surface area contributed by atoms with Gasteiger partial charge in [0.2, 0.25) is 0 Å². The zero-order valence-corrected chi connectivity index (χ0v) is 14.7. The molecule has 1 atom stereocenters. The van der Waals surface area contributed by atoms with E-state index in [2.05, 4.69) is 13.8 Å². The van der Waals surface area contributed by atoms with E-state index in [1.807, 2.05) is 18.7 Å². The molecule has 1 saturated heterocycles. The lowest BCUT2D eigenvalue weighted by Gasteiger charge is -2.54. The third kappa shape index (κ3) is 3.23. The summed E-state index contributed by atoms with van der Waals surface area (Å²) >= 11 is 6.05. The smallest absolute Gasteiger partial charge is 0.327 e. The minimum Gasteiger partial charge on any atom is -0.371 e. The number of aliphatic hydroxyl groups is 1. The van der Waals surface area contributed by atoms with Crippen molar-refractivity contribution < 1.29 is 9.90 Å². The van der Waals surface area contributed by atoms with Crippen molar-refractivity contribution in [3.63, 3.8) is 0 Å². The van der Waals surface area contributed by atoms with Crippen LogP contribution in [0.1, 0.15) is 41.0 Å². The standard InChI is InChI=1S/C17H25ClN2O2/c1-12(2)10-19-15(21)20(14-8-6-7-13(18)9-14)17(5,22)11-16(19,3)4/h6-9,12,22H,10-11H2,1-5H3/t17-/m0/s1. The highest BCUT2D eigenvalue weighted by molar-refractivity contribution is 6.30. The maximum Gasteiger partial charge on any atom is 0.327 e. The summed E-state index contributed by atoms with van der Waals surface area (Å²) in [5, 5.41) is 11.4. The molecule has 0 radical (unpaired) electrons. The first-order chi connectivity index (χ1) is 10.0. The quantitative estimate of drug-likeness (QED) is 0.909. The van der Waals surface area contributed by atoms with Crippen molar-refractivity contribution in [2.24, 2.45) is 5.92 Å². The summed E-state index contributed by atoms with van der Waals surface area (Å²) in [6, 6.07) is 6.86. The van der Waals surface area contributed by atoms with Gasteiger partial charge < -0.3 is 10.0 Å². The SMILES string of the molecule is CC(C)CN1C(=O)N(c2cccc(Cl)c2)[C@@](C)(O)CC1(C)C. The molecular formula is C17H25ClN2O2. The van der Waals surface area contributed by atoms with Gasteiger partial charge in [-0.15, -0.1) is 0 Å². The van der Waals surface area contributed by atoms with Crippen LogP contribution < -0.4 is 4.90 Å². The summed E-state index contributed by atoms with van der Waals surface area (Å²) in [4.78, 5) is 16.3. The average Bonchev–Trinajstić information content (AvgIpc) is 2.32. The second-order valence-corrected chi connectivity index (χ2v) is 7.74. The van der Waals surface area contributed by atoms with E-state index < -0.39 is 11.3 Å². The van der Waals surface area contributed by atoms with E-state index in [4.69, 9.17) is 11.6 Å². The van der Waals surface area contributed by atoms with Gasteiger partial charge in [-0.2, -0.15) is 0 Å². The van der Waals surface area contributed by atoms with Crippen LogP contribution in [0.25, 0.3) is 0 Å². The second-order valence-electron chi connectivity index (χ2n) is 7.31. The van der Waals surface area contributed by atoms with E-state index in [0.717, 1.165) is 0 Å². The number of amides is 2. The summed E-state index contributed by atoms with van der Waals surface area (Å²) in [7, 11) is 0. The van der Waals surface area contributed by atoms with E-state index in [1.165, 1.54) is 4.90 Å². The number of rotatable bonds is 3. The zero-order chi connectivity index (χ0) is 16.7. The highest BCUT2D eigenvalue weighted by atomic mass is 35.5. The van der Waals surface area contributed by atoms with Gasteiger partial charge in [-0.05, 0) is 44.9 Å². The maximum atomic E-state index is 13.1. The molecule has 1 heterocycles. The van der Waals surface area contributed by atoms with Crippen LogP contribution in [0.2, 0.25) is 5.02 Å². The molecule has 1 aromatic carbocycles. The second kappa shape index (κ2) is 5.74. The van der Waals surface area contributed by atoms with Crippen LogP contribution in [0.3, 0.4) is 0 Å². The van der Waals surface area contributed by atoms with E-state index >= 15 is 0 Å². The lowest BCUT2D eigenvalue weighted by Crippen LogP contribution is -2.68. The number of carbonyl (C=O) groups excluding carboxylic acids is 1. The number of hydrogen-bond donors (Lipinski definition) is 1. The van der Waals surface area contributed by atoms with E-state index in [1.54, 1.807) is 31.2 Å². The molecule has 1 aliphatic heterocycles. The summed E-state index contributed by atoms with van der Waals surface area (Å²) in [5.41, 5.74) is -1.04. The fraction of sp³-hybridized carbons (Fsp3) is 0.588. The molecule has 4 nitrogen and oxygen atoms in total. The molecule has 122 valence electrons. The fourth-order valence-corrected chi connectivity index (χ4v) is 3.46. The zero-order valence-electron chi connectivity index (χ0n) is 13.9. The van der Waals surface area contributed by atoms with Gasteiger partial charge in [-0.1, -0.05) is 31.5 Å². The third-order valence-corrected chi connectivity index (χ3v) is 4.25. The average molecular weight is 325 g/mol. The van der Waals surface area contributed by atoms with E-state index in [0.29, 0.717) is 29.6 Å². The van der Waals surface area contributed by atoms with Crippen molar-refractivity contribution in [1.29, 1.82) is 0 Å². The Kier molecular flexibility index (Phi) is 4.46. The third-order valence-electron chi connectivity index (χ3n) is 4.02. The lowest BCUT2D eigenvalue weighted by atomic mass is 9.87. The Labute approximate surface area is 137 Å². The minimum atomic E-state index is -1.25. The van der Waals surface area contributed by atoms with Crippen molar-refractivity contribution in [2.45, 2.75) is 52.3 Å². The first kappa shape index (κ1) is 17.1. The Morgan fingerprint density at radius 1 is 1.32 bits per heavy atom. The van der Waals surface area contributed by atoms with Crippen LogP contribution >= 0.6 is 11.6 Å². The number of carbonyl (C=O) groups is 1. The molecule has 1 fully saturated rings. The summed E-state index contributed by atoms with van der Waals surface area (Å²) in [6.07, 6.45) is 0.463. The van der Waals surface area contributed by atoms with Crippen LogP contribution in [0.4, 0.5) is 10.5 Å². The first-order valence-electron chi connectivity index (χ1n) is 7.64. The van der Waals surface area contributed by atoms with Crippen LogP contribution in [0.5, 0.6) is 0 Å². The van der Waals surface area contributed by atoms with Gasteiger partial charge in [0.1, 0.15) is 5.72 Å². The van der Waals surface area contributed by atoms with Gasteiger partial charge in [0.05, 0.1) is 0 Å². The lowest BCUT2D eigenvalue weighted by molar-refractivity contribution is -0.0280. The molecule has 1 aromatic rings. The maximum absolute atomic E-state index is 13.1. The Bertz CT molecular complexity index is 570. The number of urea groups is 1. The molecule has 0 aromatic heterocycles. The topological polar surface area (TPSA) is 43.8 Å². The number of halogens is 1. The van der Waals surface area contributed by atoms with Gasteiger partial charge in [0, 0.05) is 29.2 Å². The Morgan fingerprint density at radius 2 is 1.95 bits per heavy atom. The number of nitrogens with zero attached hydrogens (tertiary/aromatic N) is 2. The highest BCUT2D eigenvalue weighted by Gasteiger charge is 2.50. The van der Waals surface area contributed by atoms with Crippen LogP contribution in [0.15, 0.2) is 24.3 Å². The van der Waals surface area contributed by atoms with Crippen LogP contribution in [-0.2, 0) is 0 Å². The molecule has 1 aliphatic rings. The Balaban J connectivity index is 2.46. The fourth-order valence-electron chi connectivity index (χ4n) is 3.27. The molecule has 2 rings (SSSR count). The predicted molar refractivity (Wildman–Crippen MR) is 90.2 cm³/mol. The normalized spacial score (nSPS) is 25.0. The molecule has 0 saturated carbocycles. The highest BCUT2D eigenvalue weighted by Crippen LogP contribution is 2.39. The molecule has 1 N–H and O–H groups in total. The molecule has 2 amide bonds. The predicted octanol–water partition coefficient (Wildman–Crippen LogP) is 4.12. The van der Waals surface area contributed by atoms with Crippen molar-refractivity contribution in [1.82, 2.24) is 4.90 Å². The van der Waals surface area contributed by atoms with Crippen LogP contribution in [-0.4, -0.2) is 33.8 Å². The minimum absolute atomic E-state index is 0.183. The largest absolute Gasteiger partial charge is 0.371 e. The Morgan fingerprint density at radius 3 is 2.50 bits per heavy atom. The Hall–Kier alpha value is -1.26. The van der Waals surface area contributed by atoms with E-state index in [9.17, 15) is 9.90 Å². The molecule has 0 bridgehead atoms. The number of hydrogen-bond acceptors (Lipinski definition) is 2. The summed E-state index contributed by atoms with van der Waals surface area (Å²) in [5.74, 6) is 0.354. The van der Waals surface area contributed by atoms with E-state index in [-0.39, 0.29) is 6.03 Å². The molecular weight excluding hydrogens is 300 g/mol.